The van der Waals surface area contributed by atoms with Crippen molar-refractivity contribution < 1.29 is 13.6 Å². The van der Waals surface area contributed by atoms with Crippen molar-refractivity contribution in [1.82, 2.24) is 20.1 Å². The second kappa shape index (κ2) is 12.2. The highest BCUT2D eigenvalue weighted by Crippen LogP contribution is 2.30. The fraction of sp³-hybridized carbons (Fsp3) is 0.321. The van der Waals surface area contributed by atoms with Crippen molar-refractivity contribution in [2.75, 3.05) is 24.6 Å². The van der Waals surface area contributed by atoms with Gasteiger partial charge in [0, 0.05) is 47.0 Å². The van der Waals surface area contributed by atoms with E-state index >= 15 is 0 Å². The third-order valence-electron chi connectivity index (χ3n) is 5.93. The number of benzene rings is 2. The minimum absolute atomic E-state index is 0.123. The lowest BCUT2D eigenvalue weighted by Gasteiger charge is -2.21. The Morgan fingerprint density at radius 3 is 2.53 bits per heavy atom. The van der Waals surface area contributed by atoms with E-state index in [2.05, 4.69) is 15.2 Å². The zero-order valence-corrected chi connectivity index (χ0v) is 22.6. The molecule has 1 atom stereocenters. The maximum absolute atomic E-state index is 13.5. The molecule has 0 fully saturated rings. The van der Waals surface area contributed by atoms with Gasteiger partial charge in [0.2, 0.25) is 17.7 Å². The molecular weight excluding hydrogens is 500 g/mol. The molecule has 2 aromatic carbocycles. The van der Waals surface area contributed by atoms with Crippen LogP contribution in [0.1, 0.15) is 42.6 Å². The van der Waals surface area contributed by atoms with Gasteiger partial charge in [-0.25, -0.2) is 4.98 Å². The Morgan fingerprint density at radius 2 is 1.87 bits per heavy atom. The van der Waals surface area contributed by atoms with Crippen molar-refractivity contribution in [3.05, 3.63) is 78.0 Å². The molecule has 3 N–H and O–H groups in total. The zero-order valence-electron chi connectivity index (χ0n) is 21.8. The third-order valence-corrected chi connectivity index (χ3v) is 7.04. The van der Waals surface area contributed by atoms with Gasteiger partial charge < -0.3 is 24.9 Å². The molecule has 2 heterocycles. The summed E-state index contributed by atoms with van der Waals surface area (Å²) in [6, 6.07) is 15.2. The number of nitrogens with zero attached hydrogens (tertiary/aromatic N) is 4. The lowest BCUT2D eigenvalue weighted by molar-refractivity contribution is 0.0774. The lowest BCUT2D eigenvalue weighted by Crippen LogP contribution is -2.35. The zero-order chi connectivity index (χ0) is 27.1. The van der Waals surface area contributed by atoms with Gasteiger partial charge in [0.25, 0.3) is 5.91 Å². The summed E-state index contributed by atoms with van der Waals surface area (Å²) in [4.78, 5) is 19.5. The highest BCUT2D eigenvalue weighted by molar-refractivity contribution is 7.99. The molecule has 1 amide bonds. The van der Waals surface area contributed by atoms with Gasteiger partial charge in [-0.15, -0.1) is 10.2 Å². The summed E-state index contributed by atoms with van der Waals surface area (Å²) in [6.45, 7) is 6.71. The summed E-state index contributed by atoms with van der Waals surface area (Å²) >= 11 is 1.64. The minimum Gasteiger partial charge on any atom is -0.445 e. The van der Waals surface area contributed by atoms with Gasteiger partial charge in [0.05, 0.1) is 11.7 Å². The van der Waals surface area contributed by atoms with E-state index in [4.69, 9.17) is 20.0 Å². The molecule has 4 rings (SSSR count). The molecule has 9 nitrogen and oxygen atoms in total. The maximum Gasteiger partial charge on any atom is 0.253 e. The van der Waals surface area contributed by atoms with Crippen LogP contribution in [0.25, 0.3) is 22.9 Å². The fourth-order valence-corrected chi connectivity index (χ4v) is 4.82. The largest absolute Gasteiger partial charge is 0.445 e. The number of oxazole rings is 1. The van der Waals surface area contributed by atoms with Crippen LogP contribution in [0.5, 0.6) is 0 Å². The SMILES string of the molecule is CCN(CCSCC(C)=N)C(=O)c1cc(-c2ncco2)cc(-c2nnc(C(C)(N)Cc3ccccc3)o2)c1. The number of hydrogen-bond acceptors (Lipinski definition) is 9. The number of thioether (sulfide) groups is 1. The van der Waals surface area contributed by atoms with E-state index in [0.29, 0.717) is 59.4 Å². The van der Waals surface area contributed by atoms with Crippen LogP contribution in [-0.4, -0.2) is 56.3 Å². The normalized spacial score (nSPS) is 12.7. The second-order valence-electron chi connectivity index (χ2n) is 9.35. The molecule has 38 heavy (non-hydrogen) atoms. The smallest absolute Gasteiger partial charge is 0.253 e. The molecule has 10 heteroatoms. The van der Waals surface area contributed by atoms with E-state index < -0.39 is 5.54 Å². The average Bonchev–Trinajstić information content (AvgIpc) is 3.62. The number of carbonyl (C=O) groups is 1. The van der Waals surface area contributed by atoms with Gasteiger partial charge in [0.1, 0.15) is 6.26 Å². The van der Waals surface area contributed by atoms with E-state index in [0.717, 1.165) is 11.3 Å². The predicted octanol–water partition coefficient (Wildman–Crippen LogP) is 5.04. The average molecular weight is 533 g/mol. The van der Waals surface area contributed by atoms with Gasteiger partial charge >= 0.3 is 0 Å². The van der Waals surface area contributed by atoms with Crippen molar-refractivity contribution in [1.29, 1.82) is 5.41 Å². The number of hydrogen-bond donors (Lipinski definition) is 2. The lowest BCUT2D eigenvalue weighted by atomic mass is 9.94. The molecular formula is C28H32N6O3S. The predicted molar refractivity (Wildman–Crippen MR) is 149 cm³/mol. The van der Waals surface area contributed by atoms with Gasteiger partial charge in [0.15, 0.2) is 0 Å². The van der Waals surface area contributed by atoms with E-state index in [1.54, 1.807) is 41.9 Å². The van der Waals surface area contributed by atoms with Crippen molar-refractivity contribution in [2.24, 2.45) is 5.73 Å². The molecule has 1 unspecified atom stereocenters. The Bertz CT molecular complexity index is 1370. The van der Waals surface area contributed by atoms with E-state index in [1.807, 2.05) is 50.2 Å². The quantitative estimate of drug-likeness (QED) is 0.191. The first-order valence-electron chi connectivity index (χ1n) is 12.4. The van der Waals surface area contributed by atoms with Gasteiger partial charge in [-0.3, -0.25) is 4.79 Å². The van der Waals surface area contributed by atoms with E-state index in [-0.39, 0.29) is 11.8 Å². The molecule has 0 radical (unpaired) electrons. The fourth-order valence-electron chi connectivity index (χ4n) is 4.02. The van der Waals surface area contributed by atoms with Gasteiger partial charge in [-0.1, -0.05) is 30.3 Å². The van der Waals surface area contributed by atoms with E-state index in [9.17, 15) is 4.79 Å². The van der Waals surface area contributed by atoms with Crippen molar-refractivity contribution in [2.45, 2.75) is 32.7 Å². The summed E-state index contributed by atoms with van der Waals surface area (Å²) in [5, 5.41) is 16.1. The highest BCUT2D eigenvalue weighted by atomic mass is 32.2. The third kappa shape index (κ3) is 6.76. The summed E-state index contributed by atoms with van der Waals surface area (Å²) < 4.78 is 11.6. The molecule has 198 valence electrons. The van der Waals surface area contributed by atoms with Crippen LogP contribution in [0.15, 0.2) is 69.8 Å². The Kier molecular flexibility index (Phi) is 8.75. The second-order valence-corrected chi connectivity index (χ2v) is 10.5. The minimum atomic E-state index is -0.878. The van der Waals surface area contributed by atoms with Crippen LogP contribution < -0.4 is 5.73 Å². The maximum atomic E-state index is 13.5. The standard InChI is InChI=1S/C28H32N6O3S/c1-4-34(11-13-38-18-19(2)29)26(35)23-15-21(24-31-10-12-36-24)14-22(16-23)25-32-33-27(37-25)28(3,30)17-20-8-6-5-7-9-20/h5-10,12,14-16,29H,4,11,13,17-18,30H2,1-3H3. The summed E-state index contributed by atoms with van der Waals surface area (Å²) in [6.07, 6.45) is 3.56. The topological polar surface area (TPSA) is 135 Å². The Morgan fingerprint density at radius 1 is 1.13 bits per heavy atom. The number of nitrogens with one attached hydrogen (secondary N) is 1. The first-order chi connectivity index (χ1) is 18.3. The number of amides is 1. The first-order valence-corrected chi connectivity index (χ1v) is 13.6. The number of carbonyl (C=O) groups excluding carboxylic acids is 1. The van der Waals surface area contributed by atoms with Crippen LogP contribution in [-0.2, 0) is 12.0 Å². The van der Waals surface area contributed by atoms with Crippen LogP contribution in [0.3, 0.4) is 0 Å². The first kappa shape index (κ1) is 27.3. The Balaban J connectivity index is 1.63. The van der Waals surface area contributed by atoms with E-state index in [1.165, 1.54) is 6.26 Å². The Labute approximate surface area is 226 Å². The van der Waals surface area contributed by atoms with Gasteiger partial charge in [-0.2, -0.15) is 11.8 Å². The molecule has 0 bridgehead atoms. The summed E-state index contributed by atoms with van der Waals surface area (Å²) in [5.41, 5.74) is 9.04. The van der Waals surface area contributed by atoms with Crippen molar-refractivity contribution in [3.63, 3.8) is 0 Å². The number of aromatic nitrogens is 3. The number of nitrogens with two attached hydrogens (primary N) is 1. The molecule has 0 spiro atoms. The summed E-state index contributed by atoms with van der Waals surface area (Å²) in [5.74, 6) is 2.22. The highest BCUT2D eigenvalue weighted by Gasteiger charge is 2.29. The number of rotatable bonds is 12. The molecule has 0 saturated heterocycles. The molecule has 0 aliphatic heterocycles. The van der Waals surface area contributed by atoms with Crippen LogP contribution in [0.4, 0.5) is 0 Å². The van der Waals surface area contributed by atoms with Crippen LogP contribution in [0.2, 0.25) is 0 Å². The molecule has 0 saturated carbocycles. The Hall–Kier alpha value is -3.76. The van der Waals surface area contributed by atoms with Crippen molar-refractivity contribution in [3.8, 4) is 22.9 Å². The molecule has 0 aliphatic carbocycles. The van der Waals surface area contributed by atoms with Crippen molar-refractivity contribution >= 4 is 23.4 Å². The molecule has 2 aromatic heterocycles. The van der Waals surface area contributed by atoms with Crippen LogP contribution >= 0.6 is 11.8 Å². The molecule has 0 aliphatic rings. The van der Waals surface area contributed by atoms with Crippen LogP contribution in [0, 0.1) is 5.41 Å². The molecule has 4 aromatic rings. The van der Waals surface area contributed by atoms with Gasteiger partial charge in [-0.05, 0) is 51.0 Å². The summed E-state index contributed by atoms with van der Waals surface area (Å²) in [7, 11) is 0. The monoisotopic (exact) mass is 532 g/mol.